The van der Waals surface area contributed by atoms with E-state index in [1.54, 1.807) is 0 Å². The van der Waals surface area contributed by atoms with Gasteiger partial charge in [-0.25, -0.2) is 8.78 Å². The molecule has 0 nitrogen and oxygen atoms in total. The number of allylic oxidation sites excluding steroid dienone is 5. The van der Waals surface area contributed by atoms with E-state index in [1.807, 2.05) is 0 Å². The quantitative estimate of drug-likeness (QED) is 0.515. The molecule has 0 saturated carbocycles. The second kappa shape index (κ2) is 5.22. The Hall–Kier alpha value is -0.920. The van der Waals surface area contributed by atoms with Crippen LogP contribution in [-0.2, 0) is 0 Å². The lowest BCUT2D eigenvalue weighted by Gasteiger charge is -1.79. The second-order valence-electron chi connectivity index (χ2n) is 1.37. The van der Waals surface area contributed by atoms with Gasteiger partial charge in [-0.15, -0.1) is 0 Å². The molecule has 0 unspecified atom stereocenters. The fraction of sp³-hybridized carbons (Fsp3) is 0.143. The molecule has 0 aliphatic heterocycles. The lowest BCUT2D eigenvalue weighted by molar-refractivity contribution is 0.459. The van der Waals surface area contributed by atoms with Gasteiger partial charge in [0.15, 0.2) is 0 Å². The zero-order valence-corrected chi connectivity index (χ0v) is 4.98. The summed E-state index contributed by atoms with van der Waals surface area (Å²) in [4.78, 5) is 0. The van der Waals surface area contributed by atoms with Crippen LogP contribution in [0.15, 0.2) is 36.7 Å². The second-order valence-corrected chi connectivity index (χ2v) is 1.37. The van der Waals surface area contributed by atoms with E-state index in [0.717, 1.165) is 6.08 Å². The molecule has 0 radical (unpaired) electrons. The summed E-state index contributed by atoms with van der Waals surface area (Å²) in [6.45, 7) is 2.31. The molecule has 0 heterocycles. The van der Waals surface area contributed by atoms with Crippen molar-refractivity contribution in [2.75, 3.05) is 6.67 Å². The van der Waals surface area contributed by atoms with Crippen LogP contribution in [0.2, 0.25) is 0 Å². The van der Waals surface area contributed by atoms with Crippen LogP contribution >= 0.6 is 0 Å². The van der Waals surface area contributed by atoms with E-state index in [0.29, 0.717) is 0 Å². The van der Waals surface area contributed by atoms with E-state index in [2.05, 4.69) is 6.58 Å². The van der Waals surface area contributed by atoms with E-state index in [4.69, 9.17) is 0 Å². The predicted molar refractivity (Wildman–Crippen MR) is 34.5 cm³/mol. The molecule has 9 heavy (non-hydrogen) atoms. The molecule has 50 valence electrons. The largest absolute Gasteiger partial charge is 0.243 e. The predicted octanol–water partition coefficient (Wildman–Crippen LogP) is 2.55. The maximum absolute atomic E-state index is 11.9. The van der Waals surface area contributed by atoms with Gasteiger partial charge in [0, 0.05) is 0 Å². The van der Waals surface area contributed by atoms with Crippen LogP contribution in [0.3, 0.4) is 0 Å². The van der Waals surface area contributed by atoms with Crippen LogP contribution in [-0.4, -0.2) is 6.67 Å². The summed E-state index contributed by atoms with van der Waals surface area (Å²) >= 11 is 0. The van der Waals surface area contributed by atoms with E-state index >= 15 is 0 Å². The molecule has 0 fully saturated rings. The van der Waals surface area contributed by atoms with Crippen LogP contribution in [0, 0.1) is 0 Å². The molecule has 0 aromatic rings. The summed E-state index contributed by atoms with van der Waals surface area (Å²) < 4.78 is 23.2. The fourth-order valence-electron chi connectivity index (χ4n) is 0.283. The van der Waals surface area contributed by atoms with Crippen molar-refractivity contribution in [3.63, 3.8) is 0 Å². The molecule has 0 amide bonds. The third kappa shape index (κ3) is 4.94. The summed E-state index contributed by atoms with van der Waals surface area (Å²) in [6.07, 6.45) is 5.46. The Morgan fingerprint density at radius 2 is 2.11 bits per heavy atom. The van der Waals surface area contributed by atoms with E-state index in [9.17, 15) is 8.78 Å². The molecule has 2 heteroatoms. The minimum Gasteiger partial charge on any atom is -0.243 e. The fourth-order valence-corrected chi connectivity index (χ4v) is 0.283. The Balaban J connectivity index is 3.67. The van der Waals surface area contributed by atoms with E-state index in [-0.39, 0.29) is 0 Å². The monoisotopic (exact) mass is 130 g/mol. The highest BCUT2D eigenvalue weighted by atomic mass is 19.2. The van der Waals surface area contributed by atoms with Gasteiger partial charge in [-0.2, -0.15) is 0 Å². The molecule has 0 atom stereocenters. The van der Waals surface area contributed by atoms with Crippen molar-refractivity contribution in [1.29, 1.82) is 0 Å². The van der Waals surface area contributed by atoms with Gasteiger partial charge in [-0.3, -0.25) is 0 Å². The Morgan fingerprint density at radius 3 is 2.56 bits per heavy atom. The number of rotatable bonds is 3. The smallest absolute Gasteiger partial charge is 0.141 e. The van der Waals surface area contributed by atoms with Crippen molar-refractivity contribution in [2.45, 2.75) is 0 Å². The van der Waals surface area contributed by atoms with Gasteiger partial charge in [0.1, 0.15) is 12.5 Å². The zero-order chi connectivity index (χ0) is 7.11. The standard InChI is InChI=1S/C7H8F2/c1-2-3-4-5-7(9)6-8/h2-5H,1,6H2/b4-3-,7-5+. The number of hydrogen-bond donors (Lipinski definition) is 0. The number of hydrogen-bond acceptors (Lipinski definition) is 0. The highest BCUT2D eigenvalue weighted by Gasteiger charge is 1.85. The average Bonchev–Trinajstić information content (AvgIpc) is 1.89. The van der Waals surface area contributed by atoms with Gasteiger partial charge >= 0.3 is 0 Å². The van der Waals surface area contributed by atoms with Gasteiger partial charge in [0.2, 0.25) is 0 Å². The average molecular weight is 130 g/mol. The normalized spacial score (nSPS) is 12.4. The summed E-state index contributed by atoms with van der Waals surface area (Å²) in [5.41, 5.74) is 0. The molecule has 0 rings (SSSR count). The van der Waals surface area contributed by atoms with Crippen molar-refractivity contribution in [3.8, 4) is 0 Å². The topological polar surface area (TPSA) is 0 Å². The molecule has 0 aliphatic rings. The van der Waals surface area contributed by atoms with Crippen molar-refractivity contribution >= 4 is 0 Å². The van der Waals surface area contributed by atoms with Crippen molar-refractivity contribution in [2.24, 2.45) is 0 Å². The summed E-state index contributed by atoms with van der Waals surface area (Å²) in [5, 5.41) is 0. The molecule has 0 aromatic carbocycles. The van der Waals surface area contributed by atoms with E-state index < -0.39 is 12.5 Å². The van der Waals surface area contributed by atoms with Gasteiger partial charge in [-0.05, 0) is 6.08 Å². The highest BCUT2D eigenvalue weighted by molar-refractivity contribution is 5.11. The van der Waals surface area contributed by atoms with Crippen LogP contribution in [0.25, 0.3) is 0 Å². The maximum atomic E-state index is 11.9. The lowest BCUT2D eigenvalue weighted by atomic mass is 10.4. The van der Waals surface area contributed by atoms with Crippen molar-refractivity contribution in [1.82, 2.24) is 0 Å². The molecule has 0 N–H and O–H groups in total. The Bertz CT molecular complexity index is 134. The van der Waals surface area contributed by atoms with Gasteiger partial charge in [-0.1, -0.05) is 24.8 Å². The van der Waals surface area contributed by atoms with Crippen molar-refractivity contribution < 1.29 is 8.78 Å². The SMILES string of the molecule is C=C/C=C\C=C(\F)CF. The van der Waals surface area contributed by atoms with Gasteiger partial charge < -0.3 is 0 Å². The highest BCUT2D eigenvalue weighted by Crippen LogP contribution is 1.95. The Kier molecular flexibility index (Phi) is 4.69. The molecule has 0 aromatic heterocycles. The first kappa shape index (κ1) is 8.08. The molecule has 0 spiro atoms. The van der Waals surface area contributed by atoms with Crippen LogP contribution in [0.5, 0.6) is 0 Å². The third-order valence-corrected chi connectivity index (χ3v) is 0.652. The minimum absolute atomic E-state index is 0.770. The molecular formula is C7H8F2. The molecule has 0 aliphatic carbocycles. The molecule has 0 saturated heterocycles. The van der Waals surface area contributed by atoms with Gasteiger partial charge in [0.25, 0.3) is 0 Å². The Morgan fingerprint density at radius 1 is 1.44 bits per heavy atom. The van der Waals surface area contributed by atoms with Crippen LogP contribution < -0.4 is 0 Å². The van der Waals surface area contributed by atoms with Gasteiger partial charge in [0.05, 0.1) is 0 Å². The number of alkyl halides is 1. The van der Waals surface area contributed by atoms with E-state index in [1.165, 1.54) is 18.2 Å². The number of halogens is 2. The first-order valence-corrected chi connectivity index (χ1v) is 2.51. The van der Waals surface area contributed by atoms with Crippen LogP contribution in [0.4, 0.5) is 8.78 Å². The minimum atomic E-state index is -1.04. The summed E-state index contributed by atoms with van der Waals surface area (Å²) in [6, 6.07) is 0. The lowest BCUT2D eigenvalue weighted by Crippen LogP contribution is -1.71. The maximum Gasteiger partial charge on any atom is 0.141 e. The van der Waals surface area contributed by atoms with Crippen LogP contribution in [0.1, 0.15) is 0 Å². The molecular weight excluding hydrogens is 122 g/mol. The first-order valence-electron chi connectivity index (χ1n) is 2.51. The third-order valence-electron chi connectivity index (χ3n) is 0.652. The molecule has 0 bridgehead atoms. The summed E-state index contributed by atoms with van der Waals surface area (Å²) in [5.74, 6) is -0.770. The summed E-state index contributed by atoms with van der Waals surface area (Å²) in [7, 11) is 0. The zero-order valence-electron chi connectivity index (χ0n) is 4.98. The first-order chi connectivity index (χ1) is 4.31. The van der Waals surface area contributed by atoms with Crippen molar-refractivity contribution in [3.05, 3.63) is 36.7 Å². The Labute approximate surface area is 53.2 Å².